The molecule has 5 heteroatoms. The molecule has 0 N–H and O–H groups in total. The molecule has 0 aromatic rings. The van der Waals surface area contributed by atoms with E-state index in [1.807, 2.05) is 6.92 Å². The minimum Gasteiger partial charge on any atom is -0.458 e. The summed E-state index contributed by atoms with van der Waals surface area (Å²) in [4.78, 5) is 24.4. The predicted octanol–water partition coefficient (Wildman–Crippen LogP) is 4.25. The van der Waals surface area contributed by atoms with Crippen molar-refractivity contribution in [3.8, 4) is 0 Å². The smallest absolute Gasteiger partial charge is 0.334 e. The summed E-state index contributed by atoms with van der Waals surface area (Å²) in [5, 5.41) is 0. The second-order valence-corrected chi connectivity index (χ2v) is 8.84. The highest BCUT2D eigenvalue weighted by atomic mass is 16.6. The van der Waals surface area contributed by atoms with Crippen molar-refractivity contribution in [2.45, 2.75) is 96.1 Å². The average molecular weight is 376 g/mol. The van der Waals surface area contributed by atoms with Gasteiger partial charge in [0.25, 0.3) is 0 Å². The van der Waals surface area contributed by atoms with Gasteiger partial charge in [0, 0.05) is 12.5 Å². The summed E-state index contributed by atoms with van der Waals surface area (Å²) in [7, 11) is 0. The first-order valence-electron chi connectivity index (χ1n) is 10.1. The molecule has 0 aromatic carbocycles. The maximum atomic E-state index is 12.7. The van der Waals surface area contributed by atoms with Crippen LogP contribution in [0.4, 0.5) is 0 Å². The van der Waals surface area contributed by atoms with Crippen LogP contribution in [-0.2, 0) is 23.8 Å². The van der Waals surface area contributed by atoms with Gasteiger partial charge in [-0.1, -0.05) is 18.2 Å². The van der Waals surface area contributed by atoms with Gasteiger partial charge in [-0.25, -0.2) is 4.79 Å². The van der Waals surface area contributed by atoms with E-state index in [2.05, 4.69) is 26.5 Å². The third kappa shape index (κ3) is 4.45. The molecule has 2 heterocycles. The quantitative estimate of drug-likeness (QED) is 0.296. The topological polar surface area (TPSA) is 65.1 Å². The zero-order valence-corrected chi connectivity index (χ0v) is 17.0. The number of carbonyl (C=O) groups is 2. The monoisotopic (exact) mass is 376 g/mol. The lowest BCUT2D eigenvalue weighted by Gasteiger charge is -2.35. The molecule has 0 saturated carbocycles. The lowest BCUT2D eigenvalue weighted by molar-refractivity contribution is -0.180. The number of rotatable bonds is 1. The van der Waals surface area contributed by atoms with Gasteiger partial charge in [-0.05, 0) is 71.6 Å². The largest absolute Gasteiger partial charge is 0.458 e. The van der Waals surface area contributed by atoms with Crippen molar-refractivity contribution in [2.75, 3.05) is 0 Å². The van der Waals surface area contributed by atoms with Gasteiger partial charge in [-0.3, -0.25) is 4.79 Å². The van der Waals surface area contributed by atoms with Crippen molar-refractivity contribution in [1.82, 2.24) is 0 Å². The molecule has 2 aliphatic heterocycles. The molecular weight excluding hydrogens is 344 g/mol. The number of hydrogen-bond acceptors (Lipinski definition) is 5. The number of fused-ring (bicyclic) bond motifs is 4. The molecule has 0 spiro atoms. The van der Waals surface area contributed by atoms with Crippen LogP contribution in [-0.4, -0.2) is 35.3 Å². The Morgan fingerprint density at radius 2 is 2.00 bits per heavy atom. The molecule has 3 aliphatic rings. The number of epoxide rings is 1. The van der Waals surface area contributed by atoms with Gasteiger partial charge < -0.3 is 14.2 Å². The van der Waals surface area contributed by atoms with Crippen molar-refractivity contribution in [1.29, 1.82) is 0 Å². The van der Waals surface area contributed by atoms with Gasteiger partial charge in [0.2, 0.25) is 0 Å². The summed E-state index contributed by atoms with van der Waals surface area (Å²) in [6, 6.07) is 0. The first kappa shape index (κ1) is 20.1. The van der Waals surface area contributed by atoms with Gasteiger partial charge >= 0.3 is 11.9 Å². The van der Waals surface area contributed by atoms with Crippen LogP contribution in [0.3, 0.4) is 0 Å². The number of esters is 2. The molecule has 1 aliphatic carbocycles. The van der Waals surface area contributed by atoms with Crippen LogP contribution in [0.5, 0.6) is 0 Å². The zero-order valence-electron chi connectivity index (χ0n) is 17.0. The minimum atomic E-state index is -0.835. The summed E-state index contributed by atoms with van der Waals surface area (Å²) >= 11 is 0. The summed E-state index contributed by atoms with van der Waals surface area (Å²) in [6.07, 6.45) is 7.56. The Balaban J connectivity index is 1.90. The molecule has 0 radical (unpaired) electrons. The van der Waals surface area contributed by atoms with E-state index >= 15 is 0 Å². The summed E-state index contributed by atoms with van der Waals surface area (Å²) in [5.74, 6) is -0.673. The summed E-state index contributed by atoms with van der Waals surface area (Å²) in [6.45, 7) is 11.6. The van der Waals surface area contributed by atoms with Crippen LogP contribution < -0.4 is 0 Å². The fraction of sp³-hybridized carbons (Fsp3) is 0.727. The molecule has 5 unspecified atom stereocenters. The average Bonchev–Trinajstić information content (AvgIpc) is 3.24. The van der Waals surface area contributed by atoms with Crippen LogP contribution in [0.25, 0.3) is 0 Å². The molecule has 2 bridgehead atoms. The van der Waals surface area contributed by atoms with Crippen LogP contribution in [0.15, 0.2) is 23.8 Å². The summed E-state index contributed by atoms with van der Waals surface area (Å²) < 4.78 is 17.5. The van der Waals surface area contributed by atoms with E-state index in [1.54, 1.807) is 0 Å². The molecule has 2 fully saturated rings. The number of carbonyl (C=O) groups excluding carboxylic acids is 2. The van der Waals surface area contributed by atoms with Gasteiger partial charge in [0.05, 0.1) is 11.7 Å². The molecule has 3 rings (SSSR count). The number of hydrogen-bond donors (Lipinski definition) is 0. The predicted molar refractivity (Wildman–Crippen MR) is 102 cm³/mol. The first-order valence-corrected chi connectivity index (χ1v) is 10.1. The Bertz CT molecular complexity index is 666. The van der Waals surface area contributed by atoms with E-state index in [9.17, 15) is 9.59 Å². The Hall–Kier alpha value is -1.62. The van der Waals surface area contributed by atoms with Gasteiger partial charge in [-0.15, -0.1) is 0 Å². The Kier molecular flexibility index (Phi) is 5.53. The number of ether oxygens (including phenoxy) is 3. The van der Waals surface area contributed by atoms with Crippen molar-refractivity contribution < 1.29 is 23.8 Å². The van der Waals surface area contributed by atoms with Crippen molar-refractivity contribution >= 4 is 11.9 Å². The maximum Gasteiger partial charge on any atom is 0.334 e. The highest BCUT2D eigenvalue weighted by molar-refractivity contribution is 5.89. The minimum absolute atomic E-state index is 0.0457. The van der Waals surface area contributed by atoms with Crippen LogP contribution in [0, 0.1) is 5.92 Å². The zero-order chi connectivity index (χ0) is 19.8. The van der Waals surface area contributed by atoms with Crippen LogP contribution in [0.1, 0.15) is 72.6 Å². The molecule has 5 nitrogen and oxygen atoms in total. The molecule has 150 valence electrons. The van der Waals surface area contributed by atoms with Gasteiger partial charge in [-0.2, -0.15) is 0 Å². The highest BCUT2D eigenvalue weighted by Gasteiger charge is 2.53. The Labute approximate surface area is 162 Å². The van der Waals surface area contributed by atoms with Crippen molar-refractivity contribution in [3.63, 3.8) is 0 Å². The summed E-state index contributed by atoms with van der Waals surface area (Å²) in [5.41, 5.74) is 0.845. The van der Waals surface area contributed by atoms with E-state index in [1.165, 1.54) is 12.5 Å². The second kappa shape index (κ2) is 7.42. The lowest BCUT2D eigenvalue weighted by Crippen LogP contribution is -2.45. The van der Waals surface area contributed by atoms with Crippen molar-refractivity contribution in [3.05, 3.63) is 23.8 Å². The molecule has 0 aromatic heterocycles. The third-order valence-corrected chi connectivity index (χ3v) is 6.53. The van der Waals surface area contributed by atoms with Crippen LogP contribution >= 0.6 is 0 Å². The fourth-order valence-corrected chi connectivity index (χ4v) is 4.44. The van der Waals surface area contributed by atoms with E-state index in [0.717, 1.165) is 32.1 Å². The molecule has 2 saturated heterocycles. The molecule has 0 amide bonds. The van der Waals surface area contributed by atoms with Crippen molar-refractivity contribution in [2.24, 2.45) is 5.92 Å². The maximum absolute atomic E-state index is 12.7. The molecule has 27 heavy (non-hydrogen) atoms. The molecular formula is C22H32O5. The highest BCUT2D eigenvalue weighted by Crippen LogP contribution is 2.47. The third-order valence-electron chi connectivity index (χ3n) is 6.53. The van der Waals surface area contributed by atoms with E-state index in [-0.39, 0.29) is 29.6 Å². The van der Waals surface area contributed by atoms with E-state index in [4.69, 9.17) is 14.2 Å². The lowest BCUT2D eigenvalue weighted by atomic mass is 9.82. The Morgan fingerprint density at radius 1 is 1.26 bits per heavy atom. The van der Waals surface area contributed by atoms with Gasteiger partial charge in [0.15, 0.2) is 0 Å². The molecule has 5 atom stereocenters. The first-order chi connectivity index (χ1) is 12.6. The SMILES string of the molecule is C=C1C(=O)OC2(C)CCC1CC1OC1(C)CC/C=C(\C)CCC2OC(C)=O. The Morgan fingerprint density at radius 3 is 2.70 bits per heavy atom. The van der Waals surface area contributed by atoms with E-state index in [0.29, 0.717) is 18.4 Å². The van der Waals surface area contributed by atoms with Crippen LogP contribution in [0.2, 0.25) is 0 Å². The fourth-order valence-electron chi connectivity index (χ4n) is 4.44. The van der Waals surface area contributed by atoms with Gasteiger partial charge in [0.1, 0.15) is 11.7 Å². The standard InChI is InChI=1S/C22H32O5/c1-14-7-6-11-21(4)19(26-21)13-17-10-12-22(5,27-20(24)15(17)2)18(9-8-14)25-16(3)23/h7,17-19H,2,6,8-13H2,1,3-5H3/b14-7+. The number of allylic oxidation sites excluding steroid dienone is 2. The second-order valence-electron chi connectivity index (χ2n) is 8.84. The normalized spacial score (nSPS) is 42.1. The van der Waals surface area contributed by atoms with E-state index < -0.39 is 11.7 Å².